The molecule has 20 heavy (non-hydrogen) atoms. The SMILES string of the molecule is CC(C)C(CN)C(=O)N(C)C1C2CC3CC(C2)CC1C3. The van der Waals surface area contributed by atoms with E-state index >= 15 is 0 Å². The molecule has 1 atom stereocenters. The third-order valence-corrected chi connectivity index (χ3v) is 6.35. The highest BCUT2D eigenvalue weighted by Crippen LogP contribution is 2.55. The van der Waals surface area contributed by atoms with E-state index in [1.165, 1.54) is 32.1 Å². The summed E-state index contributed by atoms with van der Waals surface area (Å²) in [6, 6.07) is 0.503. The Bertz CT molecular complexity index is 351. The molecule has 3 heteroatoms. The summed E-state index contributed by atoms with van der Waals surface area (Å²) in [6.07, 6.45) is 6.93. The van der Waals surface area contributed by atoms with Crippen molar-refractivity contribution in [1.82, 2.24) is 4.90 Å². The summed E-state index contributed by atoms with van der Waals surface area (Å²) in [5, 5.41) is 0. The minimum absolute atomic E-state index is 0.00260. The molecule has 3 nitrogen and oxygen atoms in total. The Balaban J connectivity index is 1.74. The van der Waals surface area contributed by atoms with Crippen LogP contribution in [0.4, 0.5) is 0 Å². The van der Waals surface area contributed by atoms with E-state index in [1.54, 1.807) is 0 Å². The average Bonchev–Trinajstić information content (AvgIpc) is 2.37. The highest BCUT2D eigenvalue weighted by atomic mass is 16.2. The van der Waals surface area contributed by atoms with Crippen LogP contribution in [0.15, 0.2) is 0 Å². The zero-order valence-electron chi connectivity index (χ0n) is 13.2. The first kappa shape index (κ1) is 14.4. The molecule has 0 aromatic heterocycles. The molecule has 0 aromatic carbocycles. The number of rotatable bonds is 4. The van der Waals surface area contributed by atoms with Crippen molar-refractivity contribution >= 4 is 5.91 Å². The van der Waals surface area contributed by atoms with Crippen molar-refractivity contribution in [3.8, 4) is 0 Å². The number of carbonyl (C=O) groups is 1. The predicted molar refractivity (Wildman–Crippen MR) is 81.0 cm³/mol. The smallest absolute Gasteiger partial charge is 0.227 e. The molecule has 0 aliphatic heterocycles. The van der Waals surface area contributed by atoms with E-state index in [9.17, 15) is 4.79 Å². The zero-order chi connectivity index (χ0) is 14.4. The second kappa shape index (κ2) is 5.32. The van der Waals surface area contributed by atoms with Crippen LogP contribution in [0, 0.1) is 35.5 Å². The highest BCUT2D eigenvalue weighted by molar-refractivity contribution is 5.79. The van der Waals surface area contributed by atoms with Gasteiger partial charge in [-0.2, -0.15) is 0 Å². The van der Waals surface area contributed by atoms with Crippen LogP contribution in [-0.4, -0.2) is 30.4 Å². The Morgan fingerprint density at radius 1 is 1.10 bits per heavy atom. The molecular weight excluding hydrogens is 248 g/mol. The van der Waals surface area contributed by atoms with Gasteiger partial charge in [0.2, 0.25) is 5.91 Å². The molecule has 0 aromatic rings. The summed E-state index contributed by atoms with van der Waals surface area (Å²) >= 11 is 0. The van der Waals surface area contributed by atoms with E-state index in [-0.39, 0.29) is 5.92 Å². The van der Waals surface area contributed by atoms with Crippen molar-refractivity contribution in [1.29, 1.82) is 0 Å². The Hall–Kier alpha value is -0.570. The van der Waals surface area contributed by atoms with Crippen LogP contribution in [0.1, 0.15) is 46.0 Å². The van der Waals surface area contributed by atoms with Crippen molar-refractivity contribution in [2.24, 2.45) is 41.2 Å². The lowest BCUT2D eigenvalue weighted by Crippen LogP contribution is -2.57. The lowest BCUT2D eigenvalue weighted by molar-refractivity contribution is -0.146. The largest absolute Gasteiger partial charge is 0.342 e. The second-order valence-electron chi connectivity index (χ2n) is 7.96. The maximum Gasteiger partial charge on any atom is 0.227 e. The van der Waals surface area contributed by atoms with E-state index in [0.717, 1.165) is 23.7 Å². The van der Waals surface area contributed by atoms with Gasteiger partial charge < -0.3 is 10.6 Å². The molecule has 4 rings (SSSR count). The van der Waals surface area contributed by atoms with Gasteiger partial charge in [0.25, 0.3) is 0 Å². The topological polar surface area (TPSA) is 46.3 Å². The summed E-state index contributed by atoms with van der Waals surface area (Å²) in [6.45, 7) is 4.70. The summed E-state index contributed by atoms with van der Waals surface area (Å²) in [5.41, 5.74) is 5.84. The van der Waals surface area contributed by atoms with Gasteiger partial charge in [-0.1, -0.05) is 13.8 Å². The molecular formula is C17H30N2O. The highest BCUT2D eigenvalue weighted by Gasteiger charge is 2.50. The van der Waals surface area contributed by atoms with Crippen molar-refractivity contribution in [2.45, 2.75) is 52.0 Å². The van der Waals surface area contributed by atoms with Crippen LogP contribution in [-0.2, 0) is 4.79 Å². The van der Waals surface area contributed by atoms with Crippen LogP contribution >= 0.6 is 0 Å². The summed E-state index contributed by atoms with van der Waals surface area (Å²) in [7, 11) is 2.04. The molecule has 4 saturated carbocycles. The number of hydrogen-bond donors (Lipinski definition) is 1. The Kier molecular flexibility index (Phi) is 3.83. The lowest BCUT2D eigenvalue weighted by Gasteiger charge is -2.57. The standard InChI is InChI=1S/C17H30N2O/c1-10(2)15(9-18)17(20)19(3)16-13-5-11-4-12(7-13)8-14(16)6-11/h10-16H,4-9,18H2,1-3H3. The first-order valence-corrected chi connectivity index (χ1v) is 8.48. The third kappa shape index (κ3) is 2.28. The van der Waals surface area contributed by atoms with E-state index in [2.05, 4.69) is 18.7 Å². The fourth-order valence-electron chi connectivity index (χ4n) is 5.60. The Morgan fingerprint density at radius 2 is 1.60 bits per heavy atom. The molecule has 1 amide bonds. The third-order valence-electron chi connectivity index (χ3n) is 6.35. The van der Waals surface area contributed by atoms with Gasteiger partial charge in [-0.3, -0.25) is 4.79 Å². The van der Waals surface area contributed by atoms with Gasteiger partial charge in [0.1, 0.15) is 0 Å². The molecule has 114 valence electrons. The van der Waals surface area contributed by atoms with Crippen LogP contribution in [0.5, 0.6) is 0 Å². The Labute approximate surface area is 123 Å². The fourth-order valence-corrected chi connectivity index (χ4v) is 5.60. The molecule has 4 bridgehead atoms. The van der Waals surface area contributed by atoms with Gasteiger partial charge in [-0.05, 0) is 61.7 Å². The quantitative estimate of drug-likeness (QED) is 0.859. The van der Waals surface area contributed by atoms with Gasteiger partial charge in [0, 0.05) is 19.6 Å². The van der Waals surface area contributed by atoms with Crippen LogP contribution < -0.4 is 5.73 Å². The minimum atomic E-state index is -0.00260. The molecule has 2 N–H and O–H groups in total. The van der Waals surface area contributed by atoms with Gasteiger partial charge in [-0.25, -0.2) is 0 Å². The van der Waals surface area contributed by atoms with Crippen molar-refractivity contribution in [2.75, 3.05) is 13.6 Å². The molecule has 0 heterocycles. The summed E-state index contributed by atoms with van der Waals surface area (Å²) in [5.74, 6) is 4.10. The van der Waals surface area contributed by atoms with Gasteiger partial charge >= 0.3 is 0 Å². The number of carbonyl (C=O) groups excluding carboxylic acids is 1. The minimum Gasteiger partial charge on any atom is -0.342 e. The van der Waals surface area contributed by atoms with Gasteiger partial charge in [-0.15, -0.1) is 0 Å². The first-order chi connectivity index (χ1) is 9.51. The molecule has 0 spiro atoms. The Morgan fingerprint density at radius 3 is 2.00 bits per heavy atom. The van der Waals surface area contributed by atoms with E-state index in [0.29, 0.717) is 24.4 Å². The summed E-state index contributed by atoms with van der Waals surface area (Å²) < 4.78 is 0. The zero-order valence-corrected chi connectivity index (χ0v) is 13.2. The normalized spacial score (nSPS) is 40.1. The van der Waals surface area contributed by atoms with E-state index in [4.69, 9.17) is 5.73 Å². The van der Waals surface area contributed by atoms with E-state index in [1.807, 2.05) is 7.05 Å². The molecule has 4 fully saturated rings. The summed E-state index contributed by atoms with van der Waals surface area (Å²) in [4.78, 5) is 14.9. The maximum atomic E-state index is 12.8. The predicted octanol–water partition coefficient (Wildman–Crippen LogP) is 2.50. The monoisotopic (exact) mass is 278 g/mol. The van der Waals surface area contributed by atoms with Crippen molar-refractivity contribution in [3.63, 3.8) is 0 Å². The average molecular weight is 278 g/mol. The van der Waals surface area contributed by atoms with Crippen LogP contribution in [0.3, 0.4) is 0 Å². The maximum absolute atomic E-state index is 12.8. The number of nitrogens with zero attached hydrogens (tertiary/aromatic N) is 1. The first-order valence-electron chi connectivity index (χ1n) is 8.48. The molecule has 4 aliphatic carbocycles. The number of amides is 1. The number of nitrogens with two attached hydrogens (primary N) is 1. The molecule has 0 radical (unpaired) electrons. The number of hydrogen-bond acceptors (Lipinski definition) is 2. The van der Waals surface area contributed by atoms with Crippen LogP contribution in [0.2, 0.25) is 0 Å². The second-order valence-corrected chi connectivity index (χ2v) is 7.96. The fraction of sp³-hybridized carbons (Fsp3) is 0.941. The van der Waals surface area contributed by atoms with Crippen molar-refractivity contribution < 1.29 is 4.79 Å². The molecule has 4 aliphatic rings. The van der Waals surface area contributed by atoms with Crippen molar-refractivity contribution in [3.05, 3.63) is 0 Å². The van der Waals surface area contributed by atoms with Crippen LogP contribution in [0.25, 0.3) is 0 Å². The van der Waals surface area contributed by atoms with Gasteiger partial charge in [0.15, 0.2) is 0 Å². The molecule has 0 saturated heterocycles. The van der Waals surface area contributed by atoms with E-state index < -0.39 is 0 Å². The van der Waals surface area contributed by atoms with Gasteiger partial charge in [0.05, 0.1) is 5.92 Å². The molecule has 1 unspecified atom stereocenters. The lowest BCUT2D eigenvalue weighted by atomic mass is 9.54.